The number of sulfone groups is 1. The van der Waals surface area contributed by atoms with Gasteiger partial charge in [0.1, 0.15) is 0 Å². The number of carbonyl (C=O) groups is 1. The second-order valence-corrected chi connectivity index (χ2v) is 7.33. The maximum Gasteiger partial charge on any atom is 0.251 e. The highest BCUT2D eigenvalue weighted by Crippen LogP contribution is 2.11. The van der Waals surface area contributed by atoms with Crippen LogP contribution in [0.3, 0.4) is 0 Å². The summed E-state index contributed by atoms with van der Waals surface area (Å²) in [7, 11) is -1.28. The number of likely N-dealkylation sites (N-methyl/N-ethyl adjacent to an activating group) is 1. The molecule has 0 aliphatic rings. The lowest BCUT2D eigenvalue weighted by Gasteiger charge is -2.19. The van der Waals surface area contributed by atoms with Gasteiger partial charge in [-0.3, -0.25) is 4.79 Å². The average Bonchev–Trinajstić information content (AvgIpc) is 2.54. The van der Waals surface area contributed by atoms with Gasteiger partial charge in [-0.05, 0) is 36.4 Å². The Hall–Kier alpha value is -2.34. The molecule has 0 atom stereocenters. The van der Waals surface area contributed by atoms with E-state index in [1.807, 2.05) is 42.3 Å². The van der Waals surface area contributed by atoms with Crippen molar-refractivity contribution in [2.75, 3.05) is 31.3 Å². The van der Waals surface area contributed by atoms with Crippen molar-refractivity contribution in [1.82, 2.24) is 5.32 Å². The number of para-hydroxylation sites is 1. The molecule has 0 spiro atoms. The SMILES string of the molecule is CN(CCNC(=O)c1ccc(S(C)(=O)=O)cc1)c1ccccc1. The number of amides is 1. The summed E-state index contributed by atoms with van der Waals surface area (Å²) in [5.74, 6) is -0.216. The molecule has 122 valence electrons. The van der Waals surface area contributed by atoms with Crippen molar-refractivity contribution in [3.8, 4) is 0 Å². The molecule has 0 unspecified atom stereocenters. The minimum Gasteiger partial charge on any atom is -0.373 e. The van der Waals surface area contributed by atoms with Crippen molar-refractivity contribution in [2.24, 2.45) is 0 Å². The van der Waals surface area contributed by atoms with Gasteiger partial charge in [-0.1, -0.05) is 18.2 Å². The van der Waals surface area contributed by atoms with Gasteiger partial charge in [-0.15, -0.1) is 0 Å². The summed E-state index contributed by atoms with van der Waals surface area (Å²) in [4.78, 5) is 14.3. The van der Waals surface area contributed by atoms with Crippen molar-refractivity contribution in [1.29, 1.82) is 0 Å². The Bertz CT molecular complexity index is 756. The van der Waals surface area contributed by atoms with Crippen LogP contribution in [0.4, 0.5) is 5.69 Å². The van der Waals surface area contributed by atoms with Crippen LogP contribution in [-0.4, -0.2) is 40.7 Å². The number of benzene rings is 2. The molecule has 0 heterocycles. The van der Waals surface area contributed by atoms with Gasteiger partial charge >= 0.3 is 0 Å². The van der Waals surface area contributed by atoms with Gasteiger partial charge in [-0.25, -0.2) is 8.42 Å². The lowest BCUT2D eigenvalue weighted by Crippen LogP contribution is -2.32. The quantitative estimate of drug-likeness (QED) is 0.878. The Kier molecular flexibility index (Phi) is 5.39. The van der Waals surface area contributed by atoms with Crippen LogP contribution in [0.1, 0.15) is 10.4 Å². The fourth-order valence-corrected chi connectivity index (χ4v) is 2.73. The summed E-state index contributed by atoms with van der Waals surface area (Å²) in [6, 6.07) is 15.8. The first-order chi connectivity index (χ1) is 10.9. The monoisotopic (exact) mass is 332 g/mol. The van der Waals surface area contributed by atoms with E-state index in [2.05, 4.69) is 5.32 Å². The van der Waals surface area contributed by atoms with Gasteiger partial charge in [-0.2, -0.15) is 0 Å². The highest BCUT2D eigenvalue weighted by Gasteiger charge is 2.10. The summed E-state index contributed by atoms with van der Waals surface area (Å²) in [5.41, 5.74) is 1.53. The van der Waals surface area contributed by atoms with E-state index in [4.69, 9.17) is 0 Å². The summed E-state index contributed by atoms with van der Waals surface area (Å²) in [6.07, 6.45) is 1.14. The zero-order valence-corrected chi connectivity index (χ0v) is 14.0. The van der Waals surface area contributed by atoms with Crippen LogP contribution in [0.2, 0.25) is 0 Å². The number of nitrogens with zero attached hydrogens (tertiary/aromatic N) is 1. The summed E-state index contributed by atoms with van der Waals surface area (Å²) in [5, 5.41) is 2.83. The Labute approximate surface area is 136 Å². The Morgan fingerprint density at radius 3 is 2.22 bits per heavy atom. The van der Waals surface area contributed by atoms with Crippen LogP contribution < -0.4 is 10.2 Å². The first kappa shape index (κ1) is 17.0. The van der Waals surface area contributed by atoms with Crippen LogP contribution >= 0.6 is 0 Å². The minimum atomic E-state index is -3.24. The molecule has 0 aromatic heterocycles. The van der Waals surface area contributed by atoms with E-state index in [0.717, 1.165) is 11.9 Å². The van der Waals surface area contributed by atoms with Gasteiger partial charge in [0.05, 0.1) is 4.90 Å². The van der Waals surface area contributed by atoms with Gasteiger partial charge in [0, 0.05) is 37.6 Å². The summed E-state index contributed by atoms with van der Waals surface area (Å²) in [6.45, 7) is 1.18. The topological polar surface area (TPSA) is 66.5 Å². The largest absolute Gasteiger partial charge is 0.373 e. The number of hydrogen-bond donors (Lipinski definition) is 1. The van der Waals surface area contributed by atoms with E-state index in [0.29, 0.717) is 18.7 Å². The Morgan fingerprint density at radius 2 is 1.65 bits per heavy atom. The molecule has 2 rings (SSSR count). The first-order valence-corrected chi connectivity index (χ1v) is 9.11. The molecule has 0 aliphatic heterocycles. The number of carbonyl (C=O) groups excluding carboxylic acids is 1. The molecule has 5 nitrogen and oxygen atoms in total. The van der Waals surface area contributed by atoms with Crippen molar-refractivity contribution in [3.05, 3.63) is 60.2 Å². The fourth-order valence-electron chi connectivity index (χ4n) is 2.10. The van der Waals surface area contributed by atoms with Crippen molar-refractivity contribution in [2.45, 2.75) is 4.90 Å². The zero-order chi connectivity index (χ0) is 16.9. The van der Waals surface area contributed by atoms with Crippen molar-refractivity contribution in [3.63, 3.8) is 0 Å². The van der Waals surface area contributed by atoms with Crippen LogP contribution in [0.25, 0.3) is 0 Å². The molecule has 0 aliphatic carbocycles. The molecule has 0 radical (unpaired) electrons. The van der Waals surface area contributed by atoms with E-state index < -0.39 is 9.84 Å². The second-order valence-electron chi connectivity index (χ2n) is 5.31. The molecule has 6 heteroatoms. The number of rotatable bonds is 6. The molecule has 0 fully saturated rings. The second kappa shape index (κ2) is 7.28. The summed E-state index contributed by atoms with van der Waals surface area (Å²) >= 11 is 0. The fraction of sp³-hybridized carbons (Fsp3) is 0.235. The van der Waals surface area contributed by atoms with Crippen molar-refractivity contribution < 1.29 is 13.2 Å². The van der Waals surface area contributed by atoms with Crippen molar-refractivity contribution >= 4 is 21.4 Å². The van der Waals surface area contributed by atoms with Crippen LogP contribution in [0, 0.1) is 0 Å². The van der Waals surface area contributed by atoms with Gasteiger partial charge in [0.25, 0.3) is 5.91 Å². The molecule has 0 saturated heterocycles. The predicted molar refractivity (Wildman–Crippen MR) is 91.6 cm³/mol. The molecule has 2 aromatic carbocycles. The maximum absolute atomic E-state index is 12.0. The lowest BCUT2D eigenvalue weighted by molar-refractivity contribution is 0.0954. The van der Waals surface area contributed by atoms with E-state index in [1.165, 1.54) is 24.3 Å². The van der Waals surface area contributed by atoms with E-state index >= 15 is 0 Å². The molecule has 0 saturated carbocycles. The van der Waals surface area contributed by atoms with E-state index in [-0.39, 0.29) is 10.8 Å². The first-order valence-electron chi connectivity index (χ1n) is 7.22. The number of hydrogen-bond acceptors (Lipinski definition) is 4. The average molecular weight is 332 g/mol. The standard InChI is InChI=1S/C17H20N2O3S/c1-19(15-6-4-3-5-7-15)13-12-18-17(20)14-8-10-16(11-9-14)23(2,21)22/h3-11H,12-13H2,1-2H3,(H,18,20). The van der Waals surface area contributed by atoms with Crippen LogP contribution in [0.15, 0.2) is 59.5 Å². The van der Waals surface area contributed by atoms with Crippen LogP contribution in [-0.2, 0) is 9.84 Å². The minimum absolute atomic E-state index is 0.206. The lowest BCUT2D eigenvalue weighted by atomic mass is 10.2. The van der Waals surface area contributed by atoms with Gasteiger partial charge in [0.2, 0.25) is 0 Å². The zero-order valence-electron chi connectivity index (χ0n) is 13.2. The van der Waals surface area contributed by atoms with Gasteiger partial charge in [0.15, 0.2) is 9.84 Å². The number of anilines is 1. The molecular formula is C17H20N2O3S. The molecule has 0 bridgehead atoms. The normalized spacial score (nSPS) is 11.0. The summed E-state index contributed by atoms with van der Waals surface area (Å²) < 4.78 is 22.8. The third kappa shape index (κ3) is 4.82. The molecule has 2 aromatic rings. The molecule has 23 heavy (non-hydrogen) atoms. The molecular weight excluding hydrogens is 312 g/mol. The highest BCUT2D eigenvalue weighted by atomic mass is 32.2. The number of nitrogens with one attached hydrogen (secondary N) is 1. The third-order valence-corrected chi connectivity index (χ3v) is 4.60. The smallest absolute Gasteiger partial charge is 0.251 e. The van der Waals surface area contributed by atoms with E-state index in [9.17, 15) is 13.2 Å². The third-order valence-electron chi connectivity index (χ3n) is 3.47. The Morgan fingerprint density at radius 1 is 1.04 bits per heavy atom. The molecule has 1 N–H and O–H groups in total. The molecule has 1 amide bonds. The van der Waals surface area contributed by atoms with E-state index in [1.54, 1.807) is 0 Å². The maximum atomic E-state index is 12.0. The highest BCUT2D eigenvalue weighted by molar-refractivity contribution is 7.90. The van der Waals surface area contributed by atoms with Gasteiger partial charge < -0.3 is 10.2 Å². The Balaban J connectivity index is 1.88. The predicted octanol–water partition coefficient (Wildman–Crippen LogP) is 1.96. The van der Waals surface area contributed by atoms with Crippen LogP contribution in [0.5, 0.6) is 0 Å².